The maximum atomic E-state index is 13.7. The number of benzene rings is 2. The summed E-state index contributed by atoms with van der Waals surface area (Å²) in [7, 11) is 1.59. The predicted octanol–water partition coefficient (Wildman–Crippen LogP) is 2.92. The van der Waals surface area contributed by atoms with Crippen molar-refractivity contribution in [3.63, 3.8) is 0 Å². The van der Waals surface area contributed by atoms with Crippen LogP contribution in [-0.4, -0.2) is 41.3 Å². The van der Waals surface area contributed by atoms with E-state index in [0.717, 1.165) is 24.9 Å². The van der Waals surface area contributed by atoms with Gasteiger partial charge in [0.25, 0.3) is 0 Å². The molecule has 1 saturated heterocycles. The van der Waals surface area contributed by atoms with Crippen molar-refractivity contribution < 1.29 is 14.2 Å². The van der Waals surface area contributed by atoms with E-state index in [1.54, 1.807) is 13.2 Å². The summed E-state index contributed by atoms with van der Waals surface area (Å²) in [5, 5.41) is 17.7. The van der Waals surface area contributed by atoms with Gasteiger partial charge >= 0.3 is 0 Å². The molecule has 7 heteroatoms. The zero-order chi connectivity index (χ0) is 18.1. The van der Waals surface area contributed by atoms with Crippen LogP contribution in [0.25, 0.3) is 22.3 Å². The third kappa shape index (κ3) is 3.13. The van der Waals surface area contributed by atoms with Crippen LogP contribution in [0.15, 0.2) is 36.4 Å². The number of phenolic OH excluding ortho intramolecular Hbond substituents is 1. The molecule has 2 heterocycles. The van der Waals surface area contributed by atoms with Gasteiger partial charge < -0.3 is 20.5 Å². The molecule has 0 aliphatic carbocycles. The summed E-state index contributed by atoms with van der Waals surface area (Å²) >= 11 is 0. The van der Waals surface area contributed by atoms with Crippen molar-refractivity contribution in [3.8, 4) is 22.9 Å². The number of aromatic hydroxyl groups is 1. The maximum absolute atomic E-state index is 13.7. The van der Waals surface area contributed by atoms with Gasteiger partial charge in [0.15, 0.2) is 5.82 Å². The molecule has 26 heavy (non-hydrogen) atoms. The highest BCUT2D eigenvalue weighted by atomic mass is 19.1. The highest BCUT2D eigenvalue weighted by Crippen LogP contribution is 2.32. The molecule has 4 rings (SSSR count). The normalized spacial score (nSPS) is 16.8. The lowest BCUT2D eigenvalue weighted by atomic mass is 10.1. The largest absolute Gasteiger partial charge is 0.507 e. The van der Waals surface area contributed by atoms with E-state index < -0.39 is 5.82 Å². The first-order chi connectivity index (χ1) is 12.6. The van der Waals surface area contributed by atoms with Crippen molar-refractivity contribution in [2.24, 2.45) is 0 Å². The Morgan fingerprint density at radius 1 is 1.23 bits per heavy atom. The van der Waals surface area contributed by atoms with Crippen LogP contribution in [0.5, 0.6) is 11.5 Å². The highest BCUT2D eigenvalue weighted by Gasteiger charge is 2.18. The molecule has 1 aromatic heterocycles. The first-order valence-corrected chi connectivity index (χ1v) is 8.46. The minimum absolute atomic E-state index is 0.0675. The van der Waals surface area contributed by atoms with E-state index in [9.17, 15) is 9.50 Å². The molecule has 1 atom stereocenters. The molecule has 1 unspecified atom stereocenters. The Kier molecular flexibility index (Phi) is 4.30. The number of halogens is 1. The molecule has 1 fully saturated rings. The van der Waals surface area contributed by atoms with E-state index in [4.69, 9.17) is 4.74 Å². The standard InChI is InChI=1S/C19H19FN4O2/c1-26-13-3-4-14-16(9-13)23-19(15-8-11(20)2-5-17(15)25)24-18(14)22-12-6-7-21-10-12/h2-5,8-9,12,21,25H,6-7,10H2,1H3,(H,22,23,24). The zero-order valence-corrected chi connectivity index (χ0v) is 14.3. The van der Waals surface area contributed by atoms with E-state index in [1.165, 1.54) is 18.2 Å². The highest BCUT2D eigenvalue weighted by molar-refractivity contribution is 5.92. The fourth-order valence-corrected chi connectivity index (χ4v) is 3.13. The van der Waals surface area contributed by atoms with Gasteiger partial charge in [-0.05, 0) is 43.3 Å². The van der Waals surface area contributed by atoms with Crippen LogP contribution < -0.4 is 15.4 Å². The molecular weight excluding hydrogens is 335 g/mol. The smallest absolute Gasteiger partial charge is 0.165 e. The van der Waals surface area contributed by atoms with Gasteiger partial charge in [-0.1, -0.05) is 0 Å². The molecule has 134 valence electrons. The third-order valence-electron chi connectivity index (χ3n) is 4.50. The molecule has 0 amide bonds. The van der Waals surface area contributed by atoms with Gasteiger partial charge in [0.1, 0.15) is 23.1 Å². The summed E-state index contributed by atoms with van der Waals surface area (Å²) in [5.74, 6) is 1.06. The molecule has 0 saturated carbocycles. The lowest BCUT2D eigenvalue weighted by molar-refractivity contribution is 0.415. The summed E-state index contributed by atoms with van der Waals surface area (Å²) in [4.78, 5) is 9.09. The molecule has 0 radical (unpaired) electrons. The molecule has 1 aliphatic rings. The van der Waals surface area contributed by atoms with Crippen LogP contribution in [-0.2, 0) is 0 Å². The quantitative estimate of drug-likeness (QED) is 0.669. The van der Waals surface area contributed by atoms with Crippen LogP contribution in [0.4, 0.5) is 10.2 Å². The Morgan fingerprint density at radius 3 is 2.88 bits per heavy atom. The zero-order valence-electron chi connectivity index (χ0n) is 14.3. The molecule has 3 N–H and O–H groups in total. The number of hydrogen-bond donors (Lipinski definition) is 3. The summed E-state index contributed by atoms with van der Waals surface area (Å²) < 4.78 is 19.0. The van der Waals surface area contributed by atoms with E-state index in [-0.39, 0.29) is 23.2 Å². The molecule has 2 aromatic carbocycles. The minimum atomic E-state index is -0.457. The van der Waals surface area contributed by atoms with E-state index >= 15 is 0 Å². The molecule has 6 nitrogen and oxygen atoms in total. The maximum Gasteiger partial charge on any atom is 0.165 e. The number of anilines is 1. The Morgan fingerprint density at radius 2 is 2.12 bits per heavy atom. The van der Waals surface area contributed by atoms with Crippen molar-refractivity contribution in [2.45, 2.75) is 12.5 Å². The average molecular weight is 354 g/mol. The van der Waals surface area contributed by atoms with Crippen molar-refractivity contribution >= 4 is 16.7 Å². The van der Waals surface area contributed by atoms with Gasteiger partial charge in [0.05, 0.1) is 18.2 Å². The van der Waals surface area contributed by atoms with Gasteiger partial charge in [0, 0.05) is 24.0 Å². The van der Waals surface area contributed by atoms with Crippen molar-refractivity contribution in [1.29, 1.82) is 0 Å². The molecule has 0 bridgehead atoms. The topological polar surface area (TPSA) is 79.3 Å². The summed E-state index contributed by atoms with van der Waals surface area (Å²) in [6.07, 6.45) is 0.988. The minimum Gasteiger partial charge on any atom is -0.507 e. The van der Waals surface area contributed by atoms with E-state index in [2.05, 4.69) is 20.6 Å². The van der Waals surface area contributed by atoms with Gasteiger partial charge in [0.2, 0.25) is 0 Å². The first kappa shape index (κ1) is 16.5. The number of methoxy groups -OCH3 is 1. The lowest BCUT2D eigenvalue weighted by Crippen LogP contribution is -2.23. The number of rotatable bonds is 4. The summed E-state index contributed by atoms with van der Waals surface area (Å²) in [6, 6.07) is 9.54. The van der Waals surface area contributed by atoms with E-state index in [1.807, 2.05) is 12.1 Å². The molecule has 1 aliphatic heterocycles. The Hall–Kier alpha value is -2.93. The third-order valence-corrected chi connectivity index (χ3v) is 4.50. The molecule has 0 spiro atoms. The first-order valence-electron chi connectivity index (χ1n) is 8.46. The van der Waals surface area contributed by atoms with Crippen LogP contribution in [0.2, 0.25) is 0 Å². The van der Waals surface area contributed by atoms with Gasteiger partial charge in [-0.15, -0.1) is 0 Å². The van der Waals surface area contributed by atoms with E-state index in [0.29, 0.717) is 17.1 Å². The SMILES string of the molecule is COc1ccc2c(NC3CCNC3)nc(-c3cc(F)ccc3O)nc2c1. The van der Waals surface area contributed by atoms with Crippen molar-refractivity contribution in [2.75, 3.05) is 25.5 Å². The van der Waals surface area contributed by atoms with Crippen molar-refractivity contribution in [3.05, 3.63) is 42.2 Å². The fourth-order valence-electron chi connectivity index (χ4n) is 3.13. The molecular formula is C19H19FN4O2. The van der Waals surface area contributed by atoms with Gasteiger partial charge in [-0.3, -0.25) is 0 Å². The number of ether oxygens (including phenoxy) is 1. The summed E-state index contributed by atoms with van der Waals surface area (Å²) in [6.45, 7) is 1.80. The van der Waals surface area contributed by atoms with Gasteiger partial charge in [-0.25, -0.2) is 14.4 Å². The molecule has 3 aromatic rings. The average Bonchev–Trinajstić information content (AvgIpc) is 3.16. The second-order valence-corrected chi connectivity index (χ2v) is 6.27. The Balaban J connectivity index is 1.88. The number of aromatic nitrogens is 2. The van der Waals surface area contributed by atoms with Crippen LogP contribution >= 0.6 is 0 Å². The summed E-state index contributed by atoms with van der Waals surface area (Å²) in [5.41, 5.74) is 0.911. The number of nitrogens with zero attached hydrogens (tertiary/aromatic N) is 2. The lowest BCUT2D eigenvalue weighted by Gasteiger charge is -2.16. The number of hydrogen-bond acceptors (Lipinski definition) is 6. The van der Waals surface area contributed by atoms with Crippen LogP contribution in [0, 0.1) is 5.82 Å². The van der Waals surface area contributed by atoms with Crippen LogP contribution in [0.1, 0.15) is 6.42 Å². The van der Waals surface area contributed by atoms with Crippen LogP contribution in [0.3, 0.4) is 0 Å². The Labute approximate surface area is 150 Å². The number of nitrogens with one attached hydrogen (secondary N) is 2. The fraction of sp³-hybridized carbons (Fsp3) is 0.263. The van der Waals surface area contributed by atoms with Gasteiger partial charge in [-0.2, -0.15) is 0 Å². The van der Waals surface area contributed by atoms with Crippen molar-refractivity contribution in [1.82, 2.24) is 15.3 Å². The number of fused-ring (bicyclic) bond motifs is 1. The number of phenols is 1. The Bertz CT molecular complexity index is 958. The predicted molar refractivity (Wildman–Crippen MR) is 98.0 cm³/mol. The second-order valence-electron chi connectivity index (χ2n) is 6.27. The second kappa shape index (κ2) is 6.76. The monoisotopic (exact) mass is 354 g/mol.